The lowest BCUT2D eigenvalue weighted by Crippen LogP contribution is -2.50. The lowest BCUT2D eigenvalue weighted by molar-refractivity contribution is -0.275. The number of carbonyl (C=O) groups excluding carboxylic acids is 1. The average Bonchev–Trinajstić information content (AvgIpc) is 3.45. The molecule has 2 N–H and O–H groups in total. The summed E-state index contributed by atoms with van der Waals surface area (Å²) >= 11 is 0. The monoisotopic (exact) mass is 502 g/mol. The number of rotatable bonds is 2. The Kier molecular flexibility index (Phi) is 4.84. The molecule has 36 heavy (non-hydrogen) atoms. The highest BCUT2D eigenvalue weighted by atomic mass is 19.4. The van der Waals surface area contributed by atoms with Crippen molar-refractivity contribution in [3.05, 3.63) is 59.6 Å². The molecule has 13 heteroatoms. The first kappa shape index (κ1) is 22.5. The largest absolute Gasteiger partial charge is 0.573 e. The van der Waals surface area contributed by atoms with E-state index < -0.39 is 36.0 Å². The first-order valence-corrected chi connectivity index (χ1v) is 11.0. The van der Waals surface area contributed by atoms with Crippen molar-refractivity contribution in [2.75, 3.05) is 12.3 Å². The number of halogens is 4. The number of aromatic nitrogens is 4. The molecule has 0 radical (unpaired) electrons. The van der Waals surface area contributed by atoms with Crippen molar-refractivity contribution in [3.63, 3.8) is 0 Å². The fraction of sp³-hybridized carbons (Fsp3) is 0.304. The third kappa shape index (κ3) is 3.49. The summed E-state index contributed by atoms with van der Waals surface area (Å²) in [5.74, 6) is -2.20. The number of nitrogens with zero attached hydrogens (tertiary/aromatic N) is 5. The fourth-order valence-corrected chi connectivity index (χ4v) is 5.09. The van der Waals surface area contributed by atoms with E-state index in [4.69, 9.17) is 10.5 Å². The second-order valence-corrected chi connectivity index (χ2v) is 8.79. The molecule has 186 valence electrons. The summed E-state index contributed by atoms with van der Waals surface area (Å²) in [6.07, 6.45) is -1.52. The summed E-state index contributed by atoms with van der Waals surface area (Å²) in [4.78, 5) is 27.9. The molecular weight excluding hydrogens is 484 g/mol. The van der Waals surface area contributed by atoms with Crippen LogP contribution in [0, 0.1) is 5.82 Å². The Morgan fingerprint density at radius 1 is 1.25 bits per heavy atom. The molecule has 1 fully saturated rings. The van der Waals surface area contributed by atoms with Crippen molar-refractivity contribution in [2.45, 2.75) is 38.0 Å². The Hall–Kier alpha value is -4.00. The zero-order valence-corrected chi connectivity index (χ0v) is 18.7. The Balaban J connectivity index is 1.40. The van der Waals surface area contributed by atoms with Gasteiger partial charge in [-0.1, -0.05) is 6.07 Å². The number of alkyl halides is 3. The highest BCUT2D eigenvalue weighted by molar-refractivity contribution is 5.96. The highest BCUT2D eigenvalue weighted by Gasteiger charge is 2.46. The van der Waals surface area contributed by atoms with Crippen LogP contribution in [0.2, 0.25) is 0 Å². The van der Waals surface area contributed by atoms with E-state index in [0.29, 0.717) is 22.1 Å². The van der Waals surface area contributed by atoms with Gasteiger partial charge in [0.2, 0.25) is 0 Å². The van der Waals surface area contributed by atoms with E-state index in [0.717, 1.165) is 6.07 Å². The number of ether oxygens (including phenoxy) is 2. The van der Waals surface area contributed by atoms with Crippen molar-refractivity contribution in [3.8, 4) is 5.75 Å². The molecule has 3 atom stereocenters. The summed E-state index contributed by atoms with van der Waals surface area (Å²) in [5, 5.41) is 0. The standard InChI is InChI=1S/C23H18F4N6O3/c1-10-8-32(20-11-2-3-17(36-23(25,26)27)19(24)12(11)4-18(20)35-10)22(34)13-5-15-14(6-30-13)31-21(28)16-7-29-9-33(15)16/h2-3,5-7,9-10,18,20H,4,8H2,1H3,(H2,28,31)/t10-,18+,20-/m0/s1. The maximum atomic E-state index is 15.0. The second-order valence-electron chi connectivity index (χ2n) is 8.79. The van der Waals surface area contributed by atoms with Gasteiger partial charge in [-0.2, -0.15) is 0 Å². The molecule has 6 rings (SSSR count). The molecule has 3 aromatic heterocycles. The van der Waals surface area contributed by atoms with Crippen molar-refractivity contribution < 1.29 is 31.8 Å². The number of pyridine rings is 1. The third-order valence-corrected chi connectivity index (χ3v) is 6.49. The van der Waals surface area contributed by atoms with Gasteiger partial charge in [0.05, 0.1) is 42.5 Å². The number of amides is 1. The van der Waals surface area contributed by atoms with E-state index in [1.807, 2.05) is 0 Å². The molecule has 0 spiro atoms. The van der Waals surface area contributed by atoms with Crippen molar-refractivity contribution >= 4 is 28.3 Å². The Morgan fingerprint density at radius 3 is 2.83 bits per heavy atom. The number of fused-ring (bicyclic) bond motifs is 6. The van der Waals surface area contributed by atoms with Crippen molar-refractivity contribution in [1.82, 2.24) is 24.3 Å². The first-order chi connectivity index (χ1) is 17.1. The minimum absolute atomic E-state index is 0.000977. The van der Waals surface area contributed by atoms with E-state index in [9.17, 15) is 22.4 Å². The van der Waals surface area contributed by atoms with Gasteiger partial charge >= 0.3 is 6.36 Å². The summed E-state index contributed by atoms with van der Waals surface area (Å²) in [5.41, 5.74) is 8.10. The van der Waals surface area contributed by atoms with Gasteiger partial charge in [-0.3, -0.25) is 9.20 Å². The van der Waals surface area contributed by atoms with E-state index in [1.165, 1.54) is 17.2 Å². The van der Waals surface area contributed by atoms with Crippen LogP contribution in [-0.4, -0.2) is 55.3 Å². The number of anilines is 1. The normalized spacial score (nSPS) is 21.6. The lowest BCUT2D eigenvalue weighted by Gasteiger charge is -2.41. The molecule has 1 amide bonds. The minimum atomic E-state index is -5.03. The average molecular weight is 502 g/mol. The smallest absolute Gasteiger partial charge is 0.403 e. The van der Waals surface area contributed by atoms with Gasteiger partial charge in [-0.15, -0.1) is 13.2 Å². The van der Waals surface area contributed by atoms with E-state index in [-0.39, 0.29) is 36.1 Å². The van der Waals surface area contributed by atoms with Gasteiger partial charge < -0.3 is 20.1 Å². The maximum absolute atomic E-state index is 15.0. The number of nitrogen functional groups attached to an aromatic ring is 1. The van der Waals surface area contributed by atoms with Gasteiger partial charge in [0.1, 0.15) is 22.5 Å². The second kappa shape index (κ2) is 7.75. The maximum Gasteiger partial charge on any atom is 0.573 e. The predicted octanol–water partition coefficient (Wildman–Crippen LogP) is 3.42. The Morgan fingerprint density at radius 2 is 2.06 bits per heavy atom. The molecule has 1 aliphatic carbocycles. The summed E-state index contributed by atoms with van der Waals surface area (Å²) in [6, 6.07) is 3.14. The molecule has 0 bridgehead atoms. The quantitative estimate of drug-likeness (QED) is 0.419. The number of morpholine rings is 1. The van der Waals surface area contributed by atoms with Crippen LogP contribution in [0.4, 0.5) is 23.4 Å². The molecule has 4 aromatic rings. The topological polar surface area (TPSA) is 108 Å². The summed E-state index contributed by atoms with van der Waals surface area (Å²) < 4.78 is 64.6. The molecule has 0 unspecified atom stereocenters. The first-order valence-electron chi connectivity index (χ1n) is 11.0. The Labute approximate surface area is 200 Å². The molecule has 4 heterocycles. The number of nitrogens with two attached hydrogens (primary N) is 1. The molecule has 0 saturated carbocycles. The minimum Gasteiger partial charge on any atom is -0.403 e. The van der Waals surface area contributed by atoms with Crippen LogP contribution in [0.25, 0.3) is 16.6 Å². The molecule has 1 aliphatic heterocycles. The number of carbonyl (C=O) groups is 1. The predicted molar refractivity (Wildman–Crippen MR) is 118 cm³/mol. The van der Waals surface area contributed by atoms with Crippen LogP contribution < -0.4 is 10.5 Å². The molecule has 2 aliphatic rings. The molecule has 1 aromatic carbocycles. The van der Waals surface area contributed by atoms with Gasteiger partial charge in [-0.05, 0) is 30.2 Å². The third-order valence-electron chi connectivity index (χ3n) is 6.49. The zero-order chi connectivity index (χ0) is 25.4. The molecular formula is C23H18F4N6O3. The van der Waals surface area contributed by atoms with Gasteiger partial charge in [0.15, 0.2) is 11.6 Å². The zero-order valence-electron chi connectivity index (χ0n) is 18.7. The van der Waals surface area contributed by atoms with Crippen LogP contribution >= 0.6 is 0 Å². The van der Waals surface area contributed by atoms with E-state index >= 15 is 0 Å². The number of imidazole rings is 1. The lowest BCUT2D eigenvalue weighted by atomic mass is 10.0. The van der Waals surface area contributed by atoms with Gasteiger partial charge in [0.25, 0.3) is 5.91 Å². The van der Waals surface area contributed by atoms with Crippen LogP contribution in [0.1, 0.15) is 34.6 Å². The van der Waals surface area contributed by atoms with Crippen LogP contribution in [0.5, 0.6) is 5.75 Å². The molecule has 9 nitrogen and oxygen atoms in total. The highest BCUT2D eigenvalue weighted by Crippen LogP contribution is 2.45. The van der Waals surface area contributed by atoms with Crippen LogP contribution in [0.15, 0.2) is 36.9 Å². The Bertz CT molecular complexity index is 1540. The van der Waals surface area contributed by atoms with Crippen molar-refractivity contribution in [2.24, 2.45) is 0 Å². The van der Waals surface area contributed by atoms with Crippen LogP contribution in [0.3, 0.4) is 0 Å². The fourth-order valence-electron chi connectivity index (χ4n) is 5.09. The van der Waals surface area contributed by atoms with E-state index in [1.54, 1.807) is 29.9 Å². The molecule has 1 saturated heterocycles. The SMILES string of the molecule is C[C@H]1CN(C(=O)c2cc3c(cn2)nc(N)c2cncn23)[C@H]2c3ccc(OC(F)(F)F)c(F)c3C[C@H]2O1. The number of hydrogen-bond donors (Lipinski definition) is 1. The van der Waals surface area contributed by atoms with Gasteiger partial charge in [-0.25, -0.2) is 19.3 Å². The summed E-state index contributed by atoms with van der Waals surface area (Å²) in [6.45, 7) is 1.95. The van der Waals surface area contributed by atoms with E-state index in [2.05, 4.69) is 19.7 Å². The number of hydrogen-bond acceptors (Lipinski definition) is 7. The van der Waals surface area contributed by atoms with Gasteiger partial charge in [0, 0.05) is 13.0 Å². The summed E-state index contributed by atoms with van der Waals surface area (Å²) in [7, 11) is 0. The van der Waals surface area contributed by atoms with Crippen LogP contribution in [-0.2, 0) is 11.2 Å². The van der Waals surface area contributed by atoms with Crippen molar-refractivity contribution in [1.29, 1.82) is 0 Å². The number of benzene rings is 1.